The van der Waals surface area contributed by atoms with Crippen LogP contribution in [0.25, 0.3) is 134 Å². The Hall–Kier alpha value is -8.00. The predicted octanol–water partition coefficient (Wildman–Crippen LogP) is 17.4. The van der Waals surface area contributed by atoms with Crippen LogP contribution < -0.4 is 0 Å². The molecule has 0 N–H and O–H groups in total. The minimum atomic E-state index is -0.393. The van der Waals surface area contributed by atoms with Gasteiger partial charge in [-0.15, -0.1) is 0 Å². The van der Waals surface area contributed by atoms with Crippen molar-refractivity contribution in [3.63, 3.8) is 0 Å². The van der Waals surface area contributed by atoms with Crippen molar-refractivity contribution in [2.24, 2.45) is 0 Å². The molecule has 0 radical (unpaired) electrons. The van der Waals surface area contributed by atoms with E-state index in [1.54, 1.807) is 0 Å². The van der Waals surface area contributed by atoms with Crippen LogP contribution in [0.1, 0.15) is 6.85 Å². The first-order valence-electron chi connectivity index (χ1n) is 24.8. The summed E-state index contributed by atoms with van der Waals surface area (Å²) in [5, 5.41) is 13.6. The maximum absolute atomic E-state index is 8.98. The summed E-state index contributed by atoms with van der Waals surface area (Å²) in [5.74, 6) is 0. The Bertz CT molecular complexity index is 4390. The molecule has 0 unspecified atom stereocenters. The molecular weight excluding hydrogens is 862 g/mol. The zero-order chi connectivity index (χ0) is 47.6. The number of hydrogen-bond acceptors (Lipinski definition) is 0. The van der Waals surface area contributed by atoms with E-state index in [2.05, 4.69) is 174 Å². The summed E-state index contributed by atoms with van der Waals surface area (Å²) in [6, 6.07) is 72.9. The maximum atomic E-state index is 8.98. The third-order valence-electron chi connectivity index (χ3n) is 13.7. The van der Waals surface area contributed by atoms with Crippen LogP contribution in [0.15, 0.2) is 236 Å². The summed E-state index contributed by atoms with van der Waals surface area (Å²) in [6.45, 7) is 0. The summed E-state index contributed by atoms with van der Waals surface area (Å²) in [7, 11) is 0. The van der Waals surface area contributed by atoms with E-state index in [0.29, 0.717) is 5.56 Å². The molecule has 0 fully saturated rings. The van der Waals surface area contributed by atoms with Gasteiger partial charge in [0.2, 0.25) is 0 Å². The van der Waals surface area contributed by atoms with Crippen molar-refractivity contribution in [1.82, 2.24) is 4.57 Å². The van der Waals surface area contributed by atoms with Gasteiger partial charge < -0.3 is 4.57 Å². The molecule has 0 spiro atoms. The van der Waals surface area contributed by atoms with E-state index >= 15 is 0 Å². The van der Waals surface area contributed by atoms with Gasteiger partial charge in [0, 0.05) is 10.8 Å². The standard InChI is InChI=1S/C64H39NSe/c1-2-16-40(17-3-1)61-48-20-4-10-26-54(48)64(55-27-11-5-21-49(55)61)43-32-36-47-56-38-42(33-37-59(56)66-60(47)39-43)63-52-24-8-6-22-50(52)62(51-23-7-9-25-53(51)63)41-30-34-44(35-31-41)65-57-28-14-12-18-45(57)46-19-13-15-29-58(46)65/h1-39H/i1D,2D,3D,16D,17D. The third-order valence-corrected chi connectivity index (χ3v) is 16.0. The fraction of sp³-hybridized carbons (Fsp3) is 0. The van der Waals surface area contributed by atoms with E-state index in [1.807, 2.05) is 36.4 Å². The number of benzene rings is 12. The SMILES string of the molecule is [2H]c1c([2H])c([2H])c(-c2c3ccccc3c(-c3ccc4c(c3)[se]c3ccc(-c5c6ccccc6c(-c6ccc(-n7c8ccccc8c8ccccc87)cc6)c6ccccc56)cc34)c3ccccc23)c([2H])c1[2H]. The van der Waals surface area contributed by atoms with E-state index < -0.39 is 6.04 Å². The molecule has 14 aromatic rings. The normalized spacial score (nSPS) is 13.0. The van der Waals surface area contributed by atoms with Crippen molar-refractivity contribution in [2.75, 3.05) is 0 Å². The van der Waals surface area contributed by atoms with Gasteiger partial charge in [-0.3, -0.25) is 0 Å². The minimum absolute atomic E-state index is 0.0669. The molecule has 66 heavy (non-hydrogen) atoms. The van der Waals surface area contributed by atoms with Crippen molar-refractivity contribution in [3.8, 4) is 50.2 Å². The van der Waals surface area contributed by atoms with Crippen molar-refractivity contribution in [3.05, 3.63) is 236 Å². The average molecular weight is 906 g/mol. The summed E-state index contributed by atoms with van der Waals surface area (Å²) >= 11 is 0.0669. The van der Waals surface area contributed by atoms with E-state index in [0.717, 1.165) is 38.4 Å². The van der Waals surface area contributed by atoms with E-state index in [4.69, 9.17) is 6.85 Å². The number of para-hydroxylation sites is 2. The van der Waals surface area contributed by atoms with Crippen LogP contribution in [0.5, 0.6) is 0 Å². The number of rotatable bonds is 5. The zero-order valence-electron chi connectivity index (χ0n) is 40.5. The molecular formula is C64H39NSe. The third kappa shape index (κ3) is 5.60. The van der Waals surface area contributed by atoms with Crippen molar-refractivity contribution >= 4 is 98.7 Å². The summed E-state index contributed by atoms with van der Waals surface area (Å²) in [6.07, 6.45) is 0. The Labute approximate surface area is 394 Å². The number of fused-ring (bicyclic) bond motifs is 10. The molecule has 306 valence electrons. The number of aromatic nitrogens is 1. The van der Waals surface area contributed by atoms with Crippen LogP contribution in [0.3, 0.4) is 0 Å². The number of nitrogens with zero attached hydrogens (tertiary/aromatic N) is 1. The number of hydrogen-bond donors (Lipinski definition) is 0. The molecule has 0 saturated carbocycles. The van der Waals surface area contributed by atoms with E-state index in [-0.39, 0.29) is 44.2 Å². The fourth-order valence-electron chi connectivity index (χ4n) is 10.9. The van der Waals surface area contributed by atoms with Crippen molar-refractivity contribution < 1.29 is 6.85 Å². The van der Waals surface area contributed by atoms with Gasteiger partial charge in [0.1, 0.15) is 0 Å². The molecule has 12 aromatic carbocycles. The first-order valence-corrected chi connectivity index (χ1v) is 24.1. The van der Waals surface area contributed by atoms with Crippen LogP contribution in [0.4, 0.5) is 0 Å². The molecule has 0 amide bonds. The molecule has 0 saturated heterocycles. The first kappa shape index (κ1) is 32.6. The van der Waals surface area contributed by atoms with Gasteiger partial charge in [-0.1, -0.05) is 36.4 Å². The fourth-order valence-corrected chi connectivity index (χ4v) is 13.3. The molecule has 1 nitrogen and oxygen atoms in total. The Morgan fingerprint density at radius 2 is 0.682 bits per heavy atom. The van der Waals surface area contributed by atoms with Crippen molar-refractivity contribution in [2.45, 2.75) is 0 Å². The summed E-state index contributed by atoms with van der Waals surface area (Å²) < 4.78 is 48.4. The molecule has 14 rings (SSSR count). The van der Waals surface area contributed by atoms with Crippen molar-refractivity contribution in [1.29, 1.82) is 0 Å². The monoisotopic (exact) mass is 906 g/mol. The zero-order valence-corrected chi connectivity index (χ0v) is 37.2. The van der Waals surface area contributed by atoms with Gasteiger partial charge in [-0.25, -0.2) is 0 Å². The van der Waals surface area contributed by atoms with Crippen LogP contribution in [0.2, 0.25) is 0 Å². The van der Waals surface area contributed by atoms with E-state index in [9.17, 15) is 0 Å². The van der Waals surface area contributed by atoms with Gasteiger partial charge in [0.25, 0.3) is 0 Å². The van der Waals surface area contributed by atoms with Crippen LogP contribution in [-0.2, 0) is 0 Å². The molecule has 2 aromatic heterocycles. The van der Waals surface area contributed by atoms with Gasteiger partial charge in [0.05, 0.1) is 11.0 Å². The molecule has 2 heterocycles. The van der Waals surface area contributed by atoms with Gasteiger partial charge in [0.15, 0.2) is 0 Å². The quantitative estimate of drug-likeness (QED) is 0.120. The van der Waals surface area contributed by atoms with Gasteiger partial charge in [-0.05, 0) is 12.1 Å². The molecule has 0 aliphatic rings. The molecule has 0 atom stereocenters. The Morgan fingerprint density at radius 3 is 1.18 bits per heavy atom. The second-order valence-corrected chi connectivity index (χ2v) is 19.4. The van der Waals surface area contributed by atoms with Crippen LogP contribution in [-0.4, -0.2) is 19.1 Å². The predicted molar refractivity (Wildman–Crippen MR) is 285 cm³/mol. The first-order chi connectivity index (χ1) is 34.8. The Morgan fingerprint density at radius 1 is 0.288 bits per heavy atom. The van der Waals surface area contributed by atoms with Gasteiger partial charge >= 0.3 is 322 Å². The average Bonchev–Trinajstić information content (AvgIpc) is 3.96. The summed E-state index contributed by atoms with van der Waals surface area (Å²) in [4.78, 5) is 0. The molecule has 2 heteroatoms. The molecule has 0 aliphatic heterocycles. The van der Waals surface area contributed by atoms with Crippen LogP contribution >= 0.6 is 0 Å². The second kappa shape index (κ2) is 14.8. The van der Waals surface area contributed by atoms with E-state index in [1.165, 1.54) is 84.9 Å². The topological polar surface area (TPSA) is 4.93 Å². The summed E-state index contributed by atoms with van der Waals surface area (Å²) in [5.41, 5.74) is 11.4. The Kier molecular flexibility index (Phi) is 7.30. The molecule has 0 bridgehead atoms. The van der Waals surface area contributed by atoms with Crippen LogP contribution in [0, 0.1) is 0 Å². The Balaban J connectivity index is 0.912. The second-order valence-electron chi connectivity index (χ2n) is 17.1. The molecule has 0 aliphatic carbocycles. The van der Waals surface area contributed by atoms with Gasteiger partial charge in [-0.2, -0.15) is 0 Å².